The van der Waals surface area contributed by atoms with Crippen molar-refractivity contribution in [2.75, 3.05) is 16.8 Å². The zero-order valence-corrected chi connectivity index (χ0v) is 10.7. The summed E-state index contributed by atoms with van der Waals surface area (Å²) in [7, 11) is 0. The molecule has 6 nitrogen and oxygen atoms in total. The summed E-state index contributed by atoms with van der Waals surface area (Å²) in [6, 6.07) is 4.96. The topological polar surface area (TPSA) is 92.7 Å². The van der Waals surface area contributed by atoms with Crippen molar-refractivity contribution >= 4 is 35.3 Å². The van der Waals surface area contributed by atoms with Crippen LogP contribution in [0.2, 0.25) is 0 Å². The maximum Gasteiger partial charge on any atom is 0.338 e. The zero-order chi connectivity index (χ0) is 13.8. The normalized spacial score (nSPS) is 12.7. The minimum atomic E-state index is -0.960. The molecule has 0 atom stereocenters. The van der Waals surface area contributed by atoms with Gasteiger partial charge < -0.3 is 15.2 Å². The van der Waals surface area contributed by atoms with Gasteiger partial charge in [0, 0.05) is 11.3 Å². The summed E-state index contributed by atoms with van der Waals surface area (Å²) in [5.41, 5.74) is 1.75. The summed E-state index contributed by atoms with van der Waals surface area (Å²) in [4.78, 5) is 33.2. The predicted octanol–water partition coefficient (Wildman–Crippen LogP) is 1.11. The Bertz CT molecular complexity index is 543. The molecule has 0 bridgehead atoms. The van der Waals surface area contributed by atoms with Crippen LogP contribution in [-0.4, -0.2) is 34.5 Å². The van der Waals surface area contributed by atoms with Crippen LogP contribution in [0.4, 0.5) is 5.69 Å². The third-order valence-corrected chi connectivity index (χ3v) is 3.35. The number of hydrogen-bond acceptors (Lipinski definition) is 5. The van der Waals surface area contributed by atoms with E-state index in [1.807, 2.05) is 0 Å². The lowest BCUT2D eigenvalue weighted by atomic mass is 10.1. The first-order chi connectivity index (χ1) is 9.06. The van der Waals surface area contributed by atoms with Gasteiger partial charge in [0.25, 0.3) is 0 Å². The number of carbonyl (C=O) groups excluding carboxylic acids is 2. The third-order valence-electron chi connectivity index (χ3n) is 2.43. The van der Waals surface area contributed by atoms with Crippen molar-refractivity contribution in [2.45, 2.75) is 6.61 Å². The summed E-state index contributed by atoms with van der Waals surface area (Å²) in [5, 5.41) is 11.1. The van der Waals surface area contributed by atoms with Gasteiger partial charge in [0.05, 0.1) is 17.1 Å². The van der Waals surface area contributed by atoms with Crippen LogP contribution in [0.15, 0.2) is 18.2 Å². The van der Waals surface area contributed by atoms with Crippen LogP contribution in [0.5, 0.6) is 0 Å². The summed E-state index contributed by atoms with van der Waals surface area (Å²) >= 11 is 1.01. The lowest BCUT2D eigenvalue weighted by Gasteiger charge is -2.05. The fraction of sp³-hybridized carbons (Fsp3) is 0.250. The van der Waals surface area contributed by atoms with Crippen molar-refractivity contribution in [3.8, 4) is 0 Å². The predicted molar refractivity (Wildman–Crippen MR) is 69.2 cm³/mol. The number of benzene rings is 1. The van der Waals surface area contributed by atoms with E-state index >= 15 is 0 Å². The molecule has 0 aromatic heterocycles. The Balaban J connectivity index is 1.93. The molecule has 0 saturated heterocycles. The zero-order valence-electron chi connectivity index (χ0n) is 9.84. The molecule has 0 radical (unpaired) electrons. The average molecular weight is 281 g/mol. The number of amides is 1. The quantitative estimate of drug-likeness (QED) is 0.785. The van der Waals surface area contributed by atoms with Gasteiger partial charge in [-0.25, -0.2) is 4.79 Å². The number of esters is 1. The van der Waals surface area contributed by atoms with Gasteiger partial charge in [-0.3, -0.25) is 9.59 Å². The lowest BCUT2D eigenvalue weighted by molar-refractivity contribution is -0.133. The average Bonchev–Trinajstić information content (AvgIpc) is 2.70. The maximum absolute atomic E-state index is 11.5. The Morgan fingerprint density at radius 2 is 2.16 bits per heavy atom. The smallest absolute Gasteiger partial charge is 0.338 e. The second-order valence-corrected chi connectivity index (χ2v) is 4.87. The summed E-state index contributed by atoms with van der Waals surface area (Å²) in [5.74, 6) is -1.74. The van der Waals surface area contributed by atoms with Crippen molar-refractivity contribution in [3.05, 3.63) is 29.3 Å². The van der Waals surface area contributed by atoms with Crippen molar-refractivity contribution < 1.29 is 24.2 Å². The Morgan fingerprint density at radius 3 is 2.89 bits per heavy atom. The molecule has 1 aromatic rings. The van der Waals surface area contributed by atoms with Crippen LogP contribution in [-0.2, 0) is 20.9 Å². The molecule has 2 N–H and O–H groups in total. The standard InChI is InChI=1S/C12H11NO5S/c14-10(5-19-6-11(15)16)13-8-2-1-7-4-18-12(17)9(7)3-8/h1-3H,4-6H2,(H,13,14)(H,15,16). The van der Waals surface area contributed by atoms with Gasteiger partial charge in [0.2, 0.25) is 5.91 Å². The number of ether oxygens (including phenoxy) is 1. The van der Waals surface area contributed by atoms with Crippen LogP contribution in [0.25, 0.3) is 0 Å². The molecule has 100 valence electrons. The molecule has 1 amide bonds. The molecule has 1 aromatic carbocycles. The molecule has 19 heavy (non-hydrogen) atoms. The first kappa shape index (κ1) is 13.4. The van der Waals surface area contributed by atoms with Crippen molar-refractivity contribution in [1.82, 2.24) is 0 Å². The second-order valence-electron chi connectivity index (χ2n) is 3.88. The fourth-order valence-corrected chi connectivity index (χ4v) is 2.15. The number of cyclic esters (lactones) is 1. The molecule has 0 spiro atoms. The molecule has 1 heterocycles. The molecule has 0 unspecified atom stereocenters. The number of carboxylic acid groups (broad SMARTS) is 1. The third kappa shape index (κ3) is 3.47. The van der Waals surface area contributed by atoms with E-state index in [9.17, 15) is 14.4 Å². The van der Waals surface area contributed by atoms with E-state index in [1.54, 1.807) is 18.2 Å². The highest BCUT2D eigenvalue weighted by Crippen LogP contribution is 2.23. The van der Waals surface area contributed by atoms with Gasteiger partial charge in [-0.15, -0.1) is 11.8 Å². The number of nitrogens with one attached hydrogen (secondary N) is 1. The van der Waals surface area contributed by atoms with E-state index < -0.39 is 11.9 Å². The van der Waals surface area contributed by atoms with Crippen LogP contribution in [0.1, 0.15) is 15.9 Å². The van der Waals surface area contributed by atoms with Crippen LogP contribution >= 0.6 is 11.8 Å². The Kier molecular flexibility index (Phi) is 4.06. The molecular formula is C12H11NO5S. The van der Waals surface area contributed by atoms with Gasteiger partial charge in [-0.05, 0) is 12.1 Å². The van der Waals surface area contributed by atoms with Crippen molar-refractivity contribution in [1.29, 1.82) is 0 Å². The minimum Gasteiger partial charge on any atom is -0.481 e. The Morgan fingerprint density at radius 1 is 1.37 bits per heavy atom. The molecule has 0 saturated carbocycles. The van der Waals surface area contributed by atoms with E-state index in [4.69, 9.17) is 9.84 Å². The Labute approximate surface area is 113 Å². The number of aliphatic carboxylic acids is 1. The molecular weight excluding hydrogens is 270 g/mol. The summed E-state index contributed by atoms with van der Waals surface area (Å²) < 4.78 is 4.85. The van der Waals surface area contributed by atoms with Gasteiger partial charge in [-0.1, -0.05) is 6.07 Å². The monoisotopic (exact) mass is 281 g/mol. The van der Waals surface area contributed by atoms with E-state index in [2.05, 4.69) is 5.32 Å². The van der Waals surface area contributed by atoms with Gasteiger partial charge >= 0.3 is 11.9 Å². The summed E-state index contributed by atoms with van der Waals surface area (Å²) in [6.07, 6.45) is 0. The first-order valence-corrected chi connectivity index (χ1v) is 6.61. The number of thioether (sulfide) groups is 1. The molecule has 7 heteroatoms. The number of rotatable bonds is 5. The first-order valence-electron chi connectivity index (χ1n) is 5.45. The van der Waals surface area contributed by atoms with Gasteiger partial charge in [-0.2, -0.15) is 0 Å². The maximum atomic E-state index is 11.5. The highest BCUT2D eigenvalue weighted by atomic mass is 32.2. The largest absolute Gasteiger partial charge is 0.481 e. The number of anilines is 1. The van der Waals surface area contributed by atoms with Crippen molar-refractivity contribution in [3.63, 3.8) is 0 Å². The molecule has 1 aliphatic rings. The van der Waals surface area contributed by atoms with E-state index in [0.717, 1.165) is 17.3 Å². The second kappa shape index (κ2) is 5.75. The highest BCUT2D eigenvalue weighted by Gasteiger charge is 2.21. The van der Waals surface area contributed by atoms with E-state index in [0.29, 0.717) is 11.3 Å². The number of fused-ring (bicyclic) bond motifs is 1. The number of hydrogen-bond donors (Lipinski definition) is 2. The number of carboxylic acids is 1. The Hall–Kier alpha value is -2.02. The molecule has 0 fully saturated rings. The fourth-order valence-electron chi connectivity index (χ4n) is 1.62. The van der Waals surface area contributed by atoms with Gasteiger partial charge in [0.1, 0.15) is 6.61 Å². The molecule has 2 rings (SSSR count). The van der Waals surface area contributed by atoms with Crippen LogP contribution in [0, 0.1) is 0 Å². The van der Waals surface area contributed by atoms with E-state index in [-0.39, 0.29) is 24.0 Å². The van der Waals surface area contributed by atoms with Crippen LogP contribution in [0.3, 0.4) is 0 Å². The lowest BCUT2D eigenvalue weighted by Crippen LogP contribution is -2.15. The molecule has 1 aliphatic heterocycles. The minimum absolute atomic E-state index is 0.0494. The van der Waals surface area contributed by atoms with Crippen molar-refractivity contribution in [2.24, 2.45) is 0 Å². The van der Waals surface area contributed by atoms with Gasteiger partial charge in [0.15, 0.2) is 0 Å². The van der Waals surface area contributed by atoms with Crippen LogP contribution < -0.4 is 5.32 Å². The molecule has 0 aliphatic carbocycles. The highest BCUT2D eigenvalue weighted by molar-refractivity contribution is 8.00. The summed E-state index contributed by atoms with van der Waals surface area (Å²) in [6.45, 7) is 0.261. The van der Waals surface area contributed by atoms with E-state index in [1.165, 1.54) is 0 Å². The SMILES string of the molecule is O=C(O)CSCC(=O)Nc1ccc2c(c1)C(=O)OC2. The number of carbonyl (C=O) groups is 3.